The lowest BCUT2D eigenvalue weighted by molar-refractivity contribution is -0.142. The third-order valence-electron chi connectivity index (χ3n) is 7.11. The number of allylic oxidation sites excluding steroid dienone is 3. The molecule has 1 N–H and O–H groups in total. The molecule has 1 aliphatic heterocycles. The highest BCUT2D eigenvalue weighted by Crippen LogP contribution is 2.60. The van der Waals surface area contributed by atoms with Crippen molar-refractivity contribution in [3.05, 3.63) is 35.6 Å². The maximum Gasteiger partial charge on any atom is 0.252 e. The maximum absolute atomic E-state index is 13.2. The Kier molecular flexibility index (Phi) is 3.97. The molecule has 2 amide bonds. The third-order valence-corrected chi connectivity index (χ3v) is 7.11. The van der Waals surface area contributed by atoms with Gasteiger partial charge in [-0.25, -0.2) is 4.99 Å². The van der Waals surface area contributed by atoms with Crippen LogP contribution in [0.1, 0.15) is 38.5 Å². The molecule has 5 aliphatic carbocycles. The number of carbonyl (C=O) groups is 2. The fourth-order valence-corrected chi connectivity index (χ4v) is 6.45. The van der Waals surface area contributed by atoms with Gasteiger partial charge in [0.05, 0.1) is 17.7 Å². The molecular weight excluding hydrogens is 340 g/mol. The highest BCUT2D eigenvalue weighted by Gasteiger charge is 2.54. The summed E-state index contributed by atoms with van der Waals surface area (Å²) in [7, 11) is 1.63. The van der Waals surface area contributed by atoms with Gasteiger partial charge in [-0.05, 0) is 74.0 Å². The largest absolute Gasteiger partial charge is 0.380 e. The van der Waals surface area contributed by atoms with E-state index in [1.807, 2.05) is 18.2 Å². The lowest BCUT2D eigenvalue weighted by Gasteiger charge is -2.55. The van der Waals surface area contributed by atoms with Crippen molar-refractivity contribution >= 4 is 17.5 Å². The van der Waals surface area contributed by atoms with Crippen LogP contribution in [-0.2, 0) is 14.3 Å². The molecular formula is C22H26N2O3. The van der Waals surface area contributed by atoms with Crippen molar-refractivity contribution in [3.63, 3.8) is 0 Å². The molecule has 0 aromatic carbocycles. The number of hydrogen-bond acceptors (Lipinski definition) is 3. The molecule has 0 saturated heterocycles. The molecule has 27 heavy (non-hydrogen) atoms. The number of rotatable bonds is 3. The molecule has 1 atom stereocenters. The number of nitrogens with zero attached hydrogens (tertiary/aromatic N) is 1. The zero-order valence-electron chi connectivity index (χ0n) is 15.7. The monoisotopic (exact) mass is 366 g/mol. The number of methoxy groups -OCH3 is 1. The molecule has 5 nitrogen and oxygen atoms in total. The van der Waals surface area contributed by atoms with Crippen LogP contribution in [0.15, 0.2) is 40.6 Å². The Balaban J connectivity index is 1.39. The fourth-order valence-electron chi connectivity index (χ4n) is 6.45. The van der Waals surface area contributed by atoms with Gasteiger partial charge in [0.15, 0.2) is 0 Å². The van der Waals surface area contributed by atoms with Gasteiger partial charge in [-0.2, -0.15) is 0 Å². The highest BCUT2D eigenvalue weighted by atomic mass is 16.5. The zero-order chi connectivity index (χ0) is 18.6. The van der Waals surface area contributed by atoms with Crippen molar-refractivity contribution in [1.82, 2.24) is 5.32 Å². The second-order valence-corrected chi connectivity index (χ2v) is 9.12. The van der Waals surface area contributed by atoms with Gasteiger partial charge in [0.1, 0.15) is 0 Å². The second kappa shape index (κ2) is 6.26. The number of hydrogen-bond donors (Lipinski definition) is 1. The summed E-state index contributed by atoms with van der Waals surface area (Å²) in [5.41, 5.74) is 2.15. The Morgan fingerprint density at radius 2 is 1.85 bits per heavy atom. The van der Waals surface area contributed by atoms with Crippen molar-refractivity contribution in [2.24, 2.45) is 34.1 Å². The van der Waals surface area contributed by atoms with Gasteiger partial charge in [0, 0.05) is 24.8 Å². The molecule has 0 aromatic heterocycles. The first-order chi connectivity index (χ1) is 13.0. The van der Waals surface area contributed by atoms with E-state index < -0.39 is 0 Å². The Morgan fingerprint density at radius 3 is 2.48 bits per heavy atom. The normalized spacial score (nSPS) is 40.5. The van der Waals surface area contributed by atoms with Crippen molar-refractivity contribution in [1.29, 1.82) is 0 Å². The first-order valence-corrected chi connectivity index (χ1v) is 10.1. The van der Waals surface area contributed by atoms with Gasteiger partial charge in [-0.1, -0.05) is 6.08 Å². The lowest BCUT2D eigenvalue weighted by atomic mass is 9.49. The first kappa shape index (κ1) is 17.1. The molecule has 1 heterocycles. The maximum atomic E-state index is 13.2. The smallest absolute Gasteiger partial charge is 0.252 e. The summed E-state index contributed by atoms with van der Waals surface area (Å²) in [6.45, 7) is 0.415. The highest BCUT2D eigenvalue weighted by molar-refractivity contribution is 6.12. The van der Waals surface area contributed by atoms with E-state index in [1.54, 1.807) is 13.2 Å². The van der Waals surface area contributed by atoms with E-state index in [9.17, 15) is 9.59 Å². The van der Waals surface area contributed by atoms with Gasteiger partial charge >= 0.3 is 0 Å². The van der Waals surface area contributed by atoms with E-state index >= 15 is 0 Å². The van der Waals surface area contributed by atoms with E-state index in [2.05, 4.69) is 10.3 Å². The van der Waals surface area contributed by atoms with Crippen molar-refractivity contribution in [2.75, 3.05) is 13.7 Å². The lowest BCUT2D eigenvalue weighted by Crippen LogP contribution is -2.49. The summed E-state index contributed by atoms with van der Waals surface area (Å²) in [5.74, 6) is 2.09. The standard InChI is InChI=1S/C22H26N2O3/c1-27-12-16-7-20(25)24-19-8-17(2-3-18(16)19)23-21(26)22-9-13-4-14(10-22)6-15(5-13)11-22/h2-3,7-8,13-15,18H,4-6,9-12H2,1H3,(H,24,25). The summed E-state index contributed by atoms with van der Waals surface area (Å²) in [4.78, 5) is 29.7. The predicted octanol–water partition coefficient (Wildman–Crippen LogP) is 2.94. The van der Waals surface area contributed by atoms with E-state index in [4.69, 9.17) is 4.74 Å². The Labute approximate surface area is 159 Å². The summed E-state index contributed by atoms with van der Waals surface area (Å²) in [6, 6.07) is 0. The topological polar surface area (TPSA) is 67.8 Å². The van der Waals surface area contributed by atoms with E-state index in [-0.39, 0.29) is 23.1 Å². The van der Waals surface area contributed by atoms with Gasteiger partial charge in [0.2, 0.25) is 5.91 Å². The Morgan fingerprint density at radius 1 is 1.19 bits per heavy atom. The molecule has 1 unspecified atom stereocenters. The van der Waals surface area contributed by atoms with E-state index in [0.29, 0.717) is 12.3 Å². The molecule has 0 radical (unpaired) electrons. The average molecular weight is 366 g/mol. The van der Waals surface area contributed by atoms with E-state index in [1.165, 1.54) is 19.3 Å². The van der Waals surface area contributed by atoms with Crippen LogP contribution < -0.4 is 5.32 Å². The van der Waals surface area contributed by atoms with Crippen LogP contribution in [-0.4, -0.2) is 31.2 Å². The molecule has 5 heteroatoms. The molecule has 142 valence electrons. The summed E-state index contributed by atoms with van der Waals surface area (Å²) < 4.78 is 5.21. The quantitative estimate of drug-likeness (QED) is 0.835. The van der Waals surface area contributed by atoms with Crippen LogP contribution in [0.4, 0.5) is 0 Å². The fraction of sp³-hybridized carbons (Fsp3) is 0.591. The molecule has 0 aromatic rings. The summed E-state index contributed by atoms with van der Waals surface area (Å²) >= 11 is 0. The summed E-state index contributed by atoms with van der Waals surface area (Å²) in [5, 5.41) is 2.89. The molecule has 4 saturated carbocycles. The number of fused-ring (bicyclic) bond motifs is 1. The number of carbonyl (C=O) groups excluding carboxylic acids is 2. The molecule has 0 spiro atoms. The first-order valence-electron chi connectivity index (χ1n) is 10.1. The SMILES string of the molecule is COCC1=CC(=O)NC2=CC(=NC(=O)C34CC5CC(CC(C5)C3)C4)C=CC12. The van der Waals surface area contributed by atoms with Crippen LogP contribution in [0, 0.1) is 29.1 Å². The number of nitrogens with one attached hydrogen (secondary N) is 1. The Hall–Kier alpha value is -2.01. The van der Waals surface area contributed by atoms with Crippen LogP contribution in [0.5, 0.6) is 0 Å². The summed E-state index contributed by atoms with van der Waals surface area (Å²) in [6.07, 6.45) is 14.4. The van der Waals surface area contributed by atoms with Gasteiger partial charge in [0.25, 0.3) is 5.91 Å². The second-order valence-electron chi connectivity index (χ2n) is 9.12. The predicted molar refractivity (Wildman–Crippen MR) is 102 cm³/mol. The number of ether oxygens (including phenoxy) is 1. The van der Waals surface area contributed by atoms with Crippen LogP contribution in [0.3, 0.4) is 0 Å². The molecule has 6 rings (SSSR count). The molecule has 4 bridgehead atoms. The number of aliphatic imine (C=N–C) groups is 1. The van der Waals surface area contributed by atoms with Gasteiger partial charge < -0.3 is 10.1 Å². The van der Waals surface area contributed by atoms with Crippen molar-refractivity contribution in [3.8, 4) is 0 Å². The minimum absolute atomic E-state index is 0.00347. The Bertz CT molecular complexity index is 782. The minimum Gasteiger partial charge on any atom is -0.380 e. The third kappa shape index (κ3) is 2.92. The molecule has 4 fully saturated rings. The van der Waals surface area contributed by atoms with E-state index in [0.717, 1.165) is 48.3 Å². The average Bonchev–Trinajstić information content (AvgIpc) is 2.60. The van der Waals surface area contributed by atoms with Gasteiger partial charge in [-0.3, -0.25) is 9.59 Å². The minimum atomic E-state index is -0.220. The van der Waals surface area contributed by atoms with Crippen LogP contribution >= 0.6 is 0 Å². The van der Waals surface area contributed by atoms with Crippen molar-refractivity contribution in [2.45, 2.75) is 38.5 Å². The number of amides is 2. The van der Waals surface area contributed by atoms with Gasteiger partial charge in [-0.15, -0.1) is 0 Å². The van der Waals surface area contributed by atoms with Crippen molar-refractivity contribution < 1.29 is 14.3 Å². The van der Waals surface area contributed by atoms with Crippen LogP contribution in [0.2, 0.25) is 0 Å². The van der Waals surface area contributed by atoms with Crippen LogP contribution in [0.25, 0.3) is 0 Å². The molecule has 6 aliphatic rings. The zero-order valence-corrected chi connectivity index (χ0v) is 15.7.